The van der Waals surface area contributed by atoms with Gasteiger partial charge in [-0.15, -0.1) is 22.7 Å². The molecule has 0 fully saturated rings. The van der Waals surface area contributed by atoms with Crippen molar-refractivity contribution in [3.8, 4) is 0 Å². The average Bonchev–Trinajstić information content (AvgIpc) is 3.33. The van der Waals surface area contributed by atoms with Crippen LogP contribution in [-0.4, -0.2) is 25.8 Å². The van der Waals surface area contributed by atoms with Crippen LogP contribution in [0.5, 0.6) is 0 Å². The third-order valence-corrected chi connectivity index (χ3v) is 7.36. The van der Waals surface area contributed by atoms with Crippen LogP contribution >= 0.6 is 22.7 Å². The standard InChI is InChI=1S/C18H18N2O3S3/c1-2-20(13-16-8-4-10-24-16)18(21)14-6-3-7-15(12-14)19-26(22,23)17-9-5-11-25-17/h3-12,19H,2,13H2,1H3. The predicted molar refractivity (Wildman–Crippen MR) is 106 cm³/mol. The molecule has 0 bridgehead atoms. The van der Waals surface area contributed by atoms with Crippen molar-refractivity contribution in [2.24, 2.45) is 0 Å². The first-order valence-electron chi connectivity index (χ1n) is 7.97. The Morgan fingerprint density at radius 3 is 2.50 bits per heavy atom. The van der Waals surface area contributed by atoms with E-state index in [2.05, 4.69) is 4.72 Å². The summed E-state index contributed by atoms with van der Waals surface area (Å²) in [6.07, 6.45) is 0. The van der Waals surface area contributed by atoms with Crippen LogP contribution in [0.4, 0.5) is 5.69 Å². The van der Waals surface area contributed by atoms with Gasteiger partial charge in [0.05, 0.1) is 6.54 Å². The third kappa shape index (κ3) is 4.32. The van der Waals surface area contributed by atoms with E-state index in [1.807, 2.05) is 24.4 Å². The minimum absolute atomic E-state index is 0.127. The molecule has 2 aromatic heterocycles. The molecule has 136 valence electrons. The molecule has 8 heteroatoms. The smallest absolute Gasteiger partial charge is 0.271 e. The van der Waals surface area contributed by atoms with Gasteiger partial charge in [0.15, 0.2) is 0 Å². The second-order valence-corrected chi connectivity index (χ2v) is 9.41. The summed E-state index contributed by atoms with van der Waals surface area (Å²) < 4.78 is 27.5. The normalized spacial score (nSPS) is 11.3. The molecule has 26 heavy (non-hydrogen) atoms. The Bertz CT molecular complexity index is 965. The fourth-order valence-electron chi connectivity index (χ4n) is 2.44. The van der Waals surface area contributed by atoms with Crippen LogP contribution in [0.15, 0.2) is 63.5 Å². The molecule has 3 aromatic rings. The SMILES string of the molecule is CCN(Cc1cccs1)C(=O)c1cccc(NS(=O)(=O)c2cccs2)c1. The highest BCUT2D eigenvalue weighted by molar-refractivity contribution is 7.94. The van der Waals surface area contributed by atoms with Crippen LogP contribution < -0.4 is 4.72 Å². The van der Waals surface area contributed by atoms with Gasteiger partial charge in [-0.05, 0) is 48.0 Å². The number of hydrogen-bond donors (Lipinski definition) is 1. The fourth-order valence-corrected chi connectivity index (χ4v) is 5.20. The molecule has 3 rings (SSSR count). The number of amides is 1. The van der Waals surface area contributed by atoms with Crippen LogP contribution in [0.25, 0.3) is 0 Å². The van der Waals surface area contributed by atoms with Gasteiger partial charge in [-0.3, -0.25) is 9.52 Å². The number of nitrogens with zero attached hydrogens (tertiary/aromatic N) is 1. The van der Waals surface area contributed by atoms with Crippen molar-refractivity contribution < 1.29 is 13.2 Å². The lowest BCUT2D eigenvalue weighted by molar-refractivity contribution is 0.0754. The Balaban J connectivity index is 1.79. The molecule has 1 amide bonds. The molecule has 0 atom stereocenters. The lowest BCUT2D eigenvalue weighted by atomic mass is 10.1. The maximum absolute atomic E-state index is 12.8. The zero-order valence-corrected chi connectivity index (χ0v) is 16.5. The Morgan fingerprint density at radius 2 is 1.85 bits per heavy atom. The molecule has 0 aliphatic carbocycles. The lowest BCUT2D eigenvalue weighted by Crippen LogP contribution is -2.30. The van der Waals surface area contributed by atoms with E-state index in [4.69, 9.17) is 0 Å². The number of sulfonamides is 1. The first-order chi connectivity index (χ1) is 12.5. The van der Waals surface area contributed by atoms with Gasteiger partial charge < -0.3 is 4.90 Å². The molecule has 0 saturated carbocycles. The zero-order chi connectivity index (χ0) is 18.6. The summed E-state index contributed by atoms with van der Waals surface area (Å²) in [7, 11) is -3.63. The summed E-state index contributed by atoms with van der Waals surface area (Å²) in [5.74, 6) is -0.127. The van der Waals surface area contributed by atoms with Crippen LogP contribution in [-0.2, 0) is 16.6 Å². The van der Waals surface area contributed by atoms with Gasteiger partial charge in [0.1, 0.15) is 4.21 Å². The van der Waals surface area contributed by atoms with E-state index in [0.717, 1.165) is 16.2 Å². The molecule has 0 unspecified atom stereocenters. The zero-order valence-electron chi connectivity index (χ0n) is 14.1. The molecule has 0 aliphatic heterocycles. The Labute approximate surface area is 161 Å². The van der Waals surface area contributed by atoms with E-state index in [0.29, 0.717) is 24.3 Å². The van der Waals surface area contributed by atoms with Crippen LogP contribution in [0.3, 0.4) is 0 Å². The molecule has 5 nitrogen and oxygen atoms in total. The highest BCUT2D eigenvalue weighted by Crippen LogP contribution is 2.22. The molecule has 0 saturated heterocycles. The van der Waals surface area contributed by atoms with E-state index < -0.39 is 10.0 Å². The maximum atomic E-state index is 12.8. The Hall–Kier alpha value is -2.16. The molecule has 0 spiro atoms. The van der Waals surface area contributed by atoms with E-state index in [1.165, 1.54) is 0 Å². The fraction of sp³-hybridized carbons (Fsp3) is 0.167. The van der Waals surface area contributed by atoms with Crippen LogP contribution in [0.1, 0.15) is 22.2 Å². The van der Waals surface area contributed by atoms with E-state index in [9.17, 15) is 13.2 Å². The minimum atomic E-state index is -3.63. The van der Waals surface area contributed by atoms with Crippen molar-refractivity contribution in [2.75, 3.05) is 11.3 Å². The van der Waals surface area contributed by atoms with Crippen molar-refractivity contribution >= 4 is 44.3 Å². The van der Waals surface area contributed by atoms with Crippen molar-refractivity contribution in [3.63, 3.8) is 0 Å². The molecule has 0 aliphatic rings. The summed E-state index contributed by atoms with van der Waals surface area (Å²) in [6.45, 7) is 3.04. The number of hydrogen-bond acceptors (Lipinski definition) is 5. The monoisotopic (exact) mass is 406 g/mol. The van der Waals surface area contributed by atoms with Crippen LogP contribution in [0.2, 0.25) is 0 Å². The number of carbonyl (C=O) groups is 1. The first-order valence-corrected chi connectivity index (χ1v) is 11.2. The summed E-state index contributed by atoms with van der Waals surface area (Å²) >= 11 is 2.75. The average molecular weight is 407 g/mol. The van der Waals surface area contributed by atoms with Crippen LogP contribution in [0, 0.1) is 0 Å². The van der Waals surface area contributed by atoms with Gasteiger partial charge >= 0.3 is 0 Å². The van der Waals surface area contributed by atoms with Crippen molar-refractivity contribution in [3.05, 3.63) is 69.7 Å². The highest BCUT2D eigenvalue weighted by atomic mass is 32.2. The van der Waals surface area contributed by atoms with E-state index >= 15 is 0 Å². The largest absolute Gasteiger partial charge is 0.334 e. The number of benzene rings is 1. The Morgan fingerprint density at radius 1 is 1.08 bits per heavy atom. The molecule has 2 heterocycles. The molecular formula is C18H18N2O3S3. The van der Waals surface area contributed by atoms with E-state index in [-0.39, 0.29) is 10.1 Å². The van der Waals surface area contributed by atoms with Gasteiger partial charge in [0.25, 0.3) is 15.9 Å². The highest BCUT2D eigenvalue weighted by Gasteiger charge is 2.18. The van der Waals surface area contributed by atoms with Gasteiger partial charge in [-0.1, -0.05) is 18.2 Å². The van der Waals surface area contributed by atoms with Gasteiger partial charge in [0, 0.05) is 22.7 Å². The summed E-state index contributed by atoms with van der Waals surface area (Å²) in [6, 6.07) is 13.8. The number of carbonyl (C=O) groups excluding carboxylic acids is 1. The van der Waals surface area contributed by atoms with Crippen molar-refractivity contribution in [2.45, 2.75) is 17.7 Å². The number of anilines is 1. The molecule has 1 N–H and O–H groups in total. The Kier molecular flexibility index (Phi) is 5.75. The second kappa shape index (κ2) is 8.03. The topological polar surface area (TPSA) is 66.5 Å². The summed E-state index contributed by atoms with van der Waals surface area (Å²) in [5.41, 5.74) is 0.825. The summed E-state index contributed by atoms with van der Waals surface area (Å²) in [5, 5.41) is 3.69. The molecular weight excluding hydrogens is 388 g/mol. The van der Waals surface area contributed by atoms with Crippen molar-refractivity contribution in [1.29, 1.82) is 0 Å². The van der Waals surface area contributed by atoms with Gasteiger partial charge in [0.2, 0.25) is 0 Å². The molecule has 1 aromatic carbocycles. The number of thiophene rings is 2. The summed E-state index contributed by atoms with van der Waals surface area (Å²) in [4.78, 5) is 15.6. The minimum Gasteiger partial charge on any atom is -0.334 e. The van der Waals surface area contributed by atoms with Gasteiger partial charge in [-0.2, -0.15) is 0 Å². The second-order valence-electron chi connectivity index (χ2n) is 5.52. The first kappa shape index (κ1) is 18.6. The predicted octanol–water partition coefficient (Wildman–Crippen LogP) is 4.27. The lowest BCUT2D eigenvalue weighted by Gasteiger charge is -2.20. The van der Waals surface area contributed by atoms with Gasteiger partial charge in [-0.25, -0.2) is 8.42 Å². The quantitative estimate of drug-likeness (QED) is 0.637. The molecule has 0 radical (unpaired) electrons. The van der Waals surface area contributed by atoms with Crippen molar-refractivity contribution in [1.82, 2.24) is 4.90 Å². The number of nitrogens with one attached hydrogen (secondary N) is 1. The maximum Gasteiger partial charge on any atom is 0.271 e. The van der Waals surface area contributed by atoms with E-state index in [1.54, 1.807) is 58.0 Å². The number of rotatable bonds is 7. The third-order valence-electron chi connectivity index (χ3n) is 3.72.